The molecule has 25 heavy (non-hydrogen) atoms. The van der Waals surface area contributed by atoms with Gasteiger partial charge >= 0.3 is 0 Å². The molecule has 0 spiro atoms. The molecule has 1 aliphatic rings. The van der Waals surface area contributed by atoms with E-state index in [1.165, 1.54) is 0 Å². The van der Waals surface area contributed by atoms with Crippen molar-refractivity contribution in [1.82, 2.24) is 24.6 Å². The molecule has 7 nitrogen and oxygen atoms in total. The number of hydrogen-bond acceptors (Lipinski definition) is 5. The van der Waals surface area contributed by atoms with E-state index < -0.39 is 0 Å². The molecule has 1 aromatic carbocycles. The molecule has 1 fully saturated rings. The molecule has 1 atom stereocenters. The number of aromatic nitrogens is 4. The summed E-state index contributed by atoms with van der Waals surface area (Å²) in [6.07, 6.45) is 1.36. The molecule has 128 valence electrons. The Kier molecular flexibility index (Phi) is 3.93. The Morgan fingerprint density at radius 2 is 2.16 bits per heavy atom. The lowest BCUT2D eigenvalue weighted by atomic mass is 10.1. The van der Waals surface area contributed by atoms with Crippen molar-refractivity contribution in [2.24, 2.45) is 7.05 Å². The second-order valence-corrected chi connectivity index (χ2v) is 6.25. The summed E-state index contributed by atoms with van der Waals surface area (Å²) in [5.41, 5.74) is 2.35. The Bertz CT molecular complexity index is 936. The van der Waals surface area contributed by atoms with Gasteiger partial charge in [-0.05, 0) is 24.6 Å². The first-order valence-corrected chi connectivity index (χ1v) is 8.24. The maximum absolute atomic E-state index is 13.0. The van der Waals surface area contributed by atoms with Crippen molar-refractivity contribution in [1.29, 1.82) is 0 Å². The number of aryl methyl sites for hydroxylation is 2. The Morgan fingerprint density at radius 1 is 1.32 bits per heavy atom. The molecular weight excluding hydrogens is 318 g/mol. The van der Waals surface area contributed by atoms with Crippen LogP contribution < -0.4 is 0 Å². The SMILES string of the molecule is Cc1cc(C(=O)N2CCO[C@H](c3nncn3C)C2)nc2ccccc12. The van der Waals surface area contributed by atoms with Crippen LogP contribution in [-0.2, 0) is 11.8 Å². The van der Waals surface area contributed by atoms with Gasteiger partial charge in [-0.2, -0.15) is 0 Å². The Hall–Kier alpha value is -2.80. The Balaban J connectivity index is 1.61. The number of hydrogen-bond donors (Lipinski definition) is 0. The van der Waals surface area contributed by atoms with Gasteiger partial charge in [-0.25, -0.2) is 4.98 Å². The summed E-state index contributed by atoms with van der Waals surface area (Å²) >= 11 is 0. The van der Waals surface area contributed by atoms with E-state index in [9.17, 15) is 4.79 Å². The second-order valence-electron chi connectivity index (χ2n) is 6.25. The first kappa shape index (κ1) is 15.7. The number of para-hydroxylation sites is 1. The predicted molar refractivity (Wildman–Crippen MR) is 92.1 cm³/mol. The number of pyridine rings is 1. The average Bonchev–Trinajstić information content (AvgIpc) is 3.07. The summed E-state index contributed by atoms with van der Waals surface area (Å²) in [6.45, 7) is 3.46. The molecule has 7 heteroatoms. The summed E-state index contributed by atoms with van der Waals surface area (Å²) < 4.78 is 7.59. The number of benzene rings is 1. The predicted octanol–water partition coefficient (Wildman–Crippen LogP) is 1.89. The third-order valence-corrected chi connectivity index (χ3v) is 4.53. The van der Waals surface area contributed by atoms with Gasteiger partial charge in [0.2, 0.25) is 0 Å². The topological polar surface area (TPSA) is 73.1 Å². The molecule has 1 amide bonds. The first-order chi connectivity index (χ1) is 12.1. The van der Waals surface area contributed by atoms with Crippen molar-refractivity contribution in [2.75, 3.05) is 19.7 Å². The van der Waals surface area contributed by atoms with Gasteiger partial charge in [-0.3, -0.25) is 4.79 Å². The molecule has 0 aliphatic carbocycles. The molecule has 1 aliphatic heterocycles. The van der Waals surface area contributed by atoms with Crippen molar-refractivity contribution in [2.45, 2.75) is 13.0 Å². The van der Waals surface area contributed by atoms with Crippen LogP contribution in [0.3, 0.4) is 0 Å². The van der Waals surface area contributed by atoms with Crippen LogP contribution in [0, 0.1) is 6.92 Å². The van der Waals surface area contributed by atoms with E-state index in [0.29, 0.717) is 25.4 Å². The fraction of sp³-hybridized carbons (Fsp3) is 0.333. The zero-order chi connectivity index (χ0) is 17.4. The number of ether oxygens (including phenoxy) is 1. The molecule has 0 N–H and O–H groups in total. The van der Waals surface area contributed by atoms with E-state index in [0.717, 1.165) is 22.3 Å². The normalized spacial score (nSPS) is 17.8. The zero-order valence-electron chi connectivity index (χ0n) is 14.2. The summed E-state index contributed by atoms with van der Waals surface area (Å²) in [4.78, 5) is 19.3. The maximum atomic E-state index is 13.0. The third-order valence-electron chi connectivity index (χ3n) is 4.53. The molecular formula is C18H19N5O2. The van der Waals surface area contributed by atoms with Crippen molar-refractivity contribution < 1.29 is 9.53 Å². The lowest BCUT2D eigenvalue weighted by molar-refractivity contribution is -0.0282. The van der Waals surface area contributed by atoms with E-state index in [4.69, 9.17) is 4.74 Å². The zero-order valence-corrected chi connectivity index (χ0v) is 14.2. The monoisotopic (exact) mass is 337 g/mol. The number of carbonyl (C=O) groups excluding carboxylic acids is 1. The van der Waals surface area contributed by atoms with Crippen LogP contribution in [0.4, 0.5) is 0 Å². The van der Waals surface area contributed by atoms with Crippen molar-refractivity contribution >= 4 is 16.8 Å². The van der Waals surface area contributed by atoms with E-state index in [2.05, 4.69) is 15.2 Å². The van der Waals surface area contributed by atoms with Crippen molar-refractivity contribution in [3.05, 3.63) is 53.7 Å². The second kappa shape index (κ2) is 6.25. The number of fused-ring (bicyclic) bond motifs is 1. The molecule has 2 aromatic heterocycles. The van der Waals surface area contributed by atoms with E-state index in [1.807, 2.05) is 48.9 Å². The van der Waals surface area contributed by atoms with E-state index >= 15 is 0 Å². The van der Waals surface area contributed by atoms with E-state index in [-0.39, 0.29) is 12.0 Å². The van der Waals surface area contributed by atoms with Gasteiger partial charge in [-0.15, -0.1) is 10.2 Å². The van der Waals surface area contributed by atoms with Gasteiger partial charge in [0.25, 0.3) is 5.91 Å². The van der Waals surface area contributed by atoms with Gasteiger partial charge in [0.15, 0.2) is 5.82 Å². The summed E-state index contributed by atoms with van der Waals surface area (Å²) in [5, 5.41) is 9.05. The molecule has 0 saturated carbocycles. The van der Waals surface area contributed by atoms with Crippen LogP contribution in [0.1, 0.15) is 28.0 Å². The molecule has 3 aromatic rings. The summed E-state index contributed by atoms with van der Waals surface area (Å²) in [6, 6.07) is 9.72. The summed E-state index contributed by atoms with van der Waals surface area (Å²) in [7, 11) is 1.87. The summed E-state index contributed by atoms with van der Waals surface area (Å²) in [5.74, 6) is 0.643. The third kappa shape index (κ3) is 2.87. The molecule has 1 saturated heterocycles. The minimum Gasteiger partial charge on any atom is -0.366 e. The highest BCUT2D eigenvalue weighted by molar-refractivity contribution is 5.96. The minimum absolute atomic E-state index is 0.0793. The van der Waals surface area contributed by atoms with Crippen molar-refractivity contribution in [3.63, 3.8) is 0 Å². The Morgan fingerprint density at radius 3 is 2.96 bits per heavy atom. The van der Waals surface area contributed by atoms with Crippen LogP contribution >= 0.6 is 0 Å². The number of morpholine rings is 1. The van der Waals surface area contributed by atoms with Crippen LogP contribution in [-0.4, -0.2) is 50.3 Å². The van der Waals surface area contributed by atoms with Gasteiger partial charge in [0.05, 0.1) is 18.7 Å². The van der Waals surface area contributed by atoms with Crippen LogP contribution in [0.5, 0.6) is 0 Å². The quantitative estimate of drug-likeness (QED) is 0.714. The largest absolute Gasteiger partial charge is 0.366 e. The smallest absolute Gasteiger partial charge is 0.272 e. The van der Waals surface area contributed by atoms with Gasteiger partial charge in [0, 0.05) is 19.0 Å². The van der Waals surface area contributed by atoms with Crippen molar-refractivity contribution in [3.8, 4) is 0 Å². The van der Waals surface area contributed by atoms with Gasteiger partial charge < -0.3 is 14.2 Å². The average molecular weight is 337 g/mol. The molecule has 0 unspecified atom stereocenters. The number of amides is 1. The fourth-order valence-corrected chi connectivity index (χ4v) is 3.19. The van der Waals surface area contributed by atoms with Gasteiger partial charge in [-0.1, -0.05) is 18.2 Å². The molecule has 0 bridgehead atoms. The number of rotatable bonds is 2. The minimum atomic E-state index is -0.272. The highest BCUT2D eigenvalue weighted by atomic mass is 16.5. The van der Waals surface area contributed by atoms with Crippen LogP contribution in [0.25, 0.3) is 10.9 Å². The number of carbonyl (C=O) groups is 1. The molecule has 0 radical (unpaired) electrons. The molecule has 4 rings (SSSR count). The first-order valence-electron chi connectivity index (χ1n) is 8.24. The molecule has 3 heterocycles. The Labute approximate surface area is 145 Å². The van der Waals surface area contributed by atoms with Crippen LogP contribution in [0.2, 0.25) is 0 Å². The van der Waals surface area contributed by atoms with Gasteiger partial charge in [0.1, 0.15) is 18.1 Å². The lowest BCUT2D eigenvalue weighted by Gasteiger charge is -2.32. The highest BCUT2D eigenvalue weighted by Crippen LogP contribution is 2.23. The maximum Gasteiger partial charge on any atom is 0.272 e. The lowest BCUT2D eigenvalue weighted by Crippen LogP contribution is -2.43. The standard InChI is InChI=1S/C18H19N5O2/c1-12-9-15(20-14-6-4-3-5-13(12)14)18(24)23-7-8-25-16(10-23)17-21-19-11-22(17)2/h3-6,9,11,16H,7-8,10H2,1-2H3/t16-/m0/s1. The van der Waals surface area contributed by atoms with Crippen LogP contribution in [0.15, 0.2) is 36.7 Å². The number of nitrogens with zero attached hydrogens (tertiary/aromatic N) is 5. The van der Waals surface area contributed by atoms with E-state index in [1.54, 1.807) is 11.2 Å². The fourth-order valence-electron chi connectivity index (χ4n) is 3.19. The highest BCUT2D eigenvalue weighted by Gasteiger charge is 2.29.